The third-order valence-electron chi connectivity index (χ3n) is 2.13. The molecule has 0 aliphatic heterocycles. The Hall–Kier alpha value is -1.07. The lowest BCUT2D eigenvalue weighted by Gasteiger charge is -2.07. The average Bonchev–Trinajstić information content (AvgIpc) is 2.79. The van der Waals surface area contributed by atoms with Crippen LogP contribution in [0.1, 0.15) is 5.56 Å². The van der Waals surface area contributed by atoms with Crippen LogP contribution in [0, 0.1) is 6.92 Å². The van der Waals surface area contributed by atoms with Crippen molar-refractivity contribution in [1.29, 1.82) is 0 Å². The molecule has 1 aromatic heterocycles. The molecule has 16 heavy (non-hydrogen) atoms. The molecular weight excluding hydrogens is 238 g/mol. The van der Waals surface area contributed by atoms with Gasteiger partial charge in [-0.3, -0.25) is 0 Å². The van der Waals surface area contributed by atoms with Gasteiger partial charge in [0, 0.05) is 18.0 Å². The maximum Gasteiger partial charge on any atom is 0.169 e. The number of hydrogen-bond donors (Lipinski definition) is 1. The van der Waals surface area contributed by atoms with Gasteiger partial charge in [0.25, 0.3) is 0 Å². The Bertz CT molecular complexity index is 429. The minimum atomic E-state index is 0.940. The topological polar surface area (TPSA) is 37.8 Å². The molecule has 0 unspecified atom stereocenters. The molecular formula is C11H13N3S2. The molecule has 2 rings (SSSR count). The zero-order valence-corrected chi connectivity index (χ0v) is 10.6. The smallest absolute Gasteiger partial charge is 0.169 e. The number of aryl methyl sites for hydroxylation is 1. The summed E-state index contributed by atoms with van der Waals surface area (Å²) in [5, 5.41) is 3.41. The summed E-state index contributed by atoms with van der Waals surface area (Å²) in [7, 11) is 0. The molecule has 2 aromatic rings. The Morgan fingerprint density at radius 3 is 3.00 bits per heavy atom. The van der Waals surface area contributed by atoms with E-state index in [0.29, 0.717) is 0 Å². The van der Waals surface area contributed by atoms with E-state index in [4.69, 9.17) is 0 Å². The highest BCUT2D eigenvalue weighted by molar-refractivity contribution is 8.00. The fourth-order valence-electron chi connectivity index (χ4n) is 1.32. The van der Waals surface area contributed by atoms with Crippen LogP contribution in [0.5, 0.6) is 0 Å². The Labute approximate surface area is 103 Å². The van der Waals surface area contributed by atoms with Gasteiger partial charge in [0.2, 0.25) is 0 Å². The van der Waals surface area contributed by atoms with E-state index >= 15 is 0 Å². The molecule has 1 aromatic carbocycles. The van der Waals surface area contributed by atoms with Gasteiger partial charge in [0.1, 0.15) is 6.33 Å². The van der Waals surface area contributed by atoms with Gasteiger partial charge in [-0.25, -0.2) is 4.98 Å². The highest BCUT2D eigenvalue weighted by Crippen LogP contribution is 2.18. The molecule has 0 bridgehead atoms. The summed E-state index contributed by atoms with van der Waals surface area (Å²) in [6, 6.07) is 8.31. The Kier molecular flexibility index (Phi) is 4.18. The van der Waals surface area contributed by atoms with Crippen molar-refractivity contribution in [2.24, 2.45) is 0 Å². The predicted molar refractivity (Wildman–Crippen MR) is 70.3 cm³/mol. The second-order valence-corrected chi connectivity index (χ2v) is 5.42. The van der Waals surface area contributed by atoms with Crippen LogP contribution < -0.4 is 5.32 Å². The number of nitrogens with zero attached hydrogens (tertiary/aromatic N) is 2. The molecule has 1 heterocycles. The molecule has 1 N–H and O–H groups in total. The number of para-hydroxylation sites is 1. The fraction of sp³-hybridized carbons (Fsp3) is 0.273. The minimum absolute atomic E-state index is 0.940. The number of nitrogens with one attached hydrogen (secondary N) is 1. The first-order chi connectivity index (χ1) is 7.86. The first kappa shape index (κ1) is 11.4. The second kappa shape index (κ2) is 5.86. The number of benzene rings is 1. The lowest BCUT2D eigenvalue weighted by Crippen LogP contribution is -2.04. The van der Waals surface area contributed by atoms with E-state index in [0.717, 1.165) is 16.6 Å². The molecule has 3 nitrogen and oxygen atoms in total. The number of hydrogen-bond acceptors (Lipinski definition) is 5. The third-order valence-corrected chi connectivity index (χ3v) is 3.93. The largest absolute Gasteiger partial charge is 0.384 e. The molecule has 0 fully saturated rings. The van der Waals surface area contributed by atoms with Gasteiger partial charge in [0.15, 0.2) is 4.34 Å². The molecule has 0 atom stereocenters. The van der Waals surface area contributed by atoms with Crippen molar-refractivity contribution in [2.75, 3.05) is 17.6 Å². The molecule has 0 amide bonds. The molecule has 0 saturated heterocycles. The Balaban J connectivity index is 1.74. The van der Waals surface area contributed by atoms with E-state index in [1.165, 1.54) is 22.8 Å². The van der Waals surface area contributed by atoms with Crippen molar-refractivity contribution >= 4 is 29.0 Å². The lowest BCUT2D eigenvalue weighted by molar-refractivity contribution is 1.18. The van der Waals surface area contributed by atoms with Gasteiger partial charge in [-0.1, -0.05) is 30.0 Å². The van der Waals surface area contributed by atoms with Gasteiger partial charge >= 0.3 is 0 Å². The van der Waals surface area contributed by atoms with E-state index in [9.17, 15) is 0 Å². The number of aromatic nitrogens is 2. The summed E-state index contributed by atoms with van der Waals surface area (Å²) in [5.74, 6) is 1.00. The highest BCUT2D eigenvalue weighted by Gasteiger charge is 1.98. The normalized spacial score (nSPS) is 10.3. The zero-order valence-electron chi connectivity index (χ0n) is 9.01. The van der Waals surface area contributed by atoms with Gasteiger partial charge in [0.05, 0.1) is 0 Å². The van der Waals surface area contributed by atoms with E-state index < -0.39 is 0 Å². The average molecular weight is 251 g/mol. The second-order valence-electron chi connectivity index (χ2n) is 3.30. The number of anilines is 1. The van der Waals surface area contributed by atoms with Crippen LogP contribution in [0.3, 0.4) is 0 Å². The molecule has 0 saturated carbocycles. The van der Waals surface area contributed by atoms with Gasteiger partial charge in [-0.05, 0) is 30.1 Å². The molecule has 0 aliphatic carbocycles. The van der Waals surface area contributed by atoms with Gasteiger partial charge in [-0.15, -0.1) is 0 Å². The summed E-state index contributed by atoms with van der Waals surface area (Å²) in [5.41, 5.74) is 2.49. The summed E-state index contributed by atoms with van der Waals surface area (Å²) < 4.78 is 5.00. The van der Waals surface area contributed by atoms with Crippen LogP contribution in [0.25, 0.3) is 0 Å². The Morgan fingerprint density at radius 2 is 2.25 bits per heavy atom. The van der Waals surface area contributed by atoms with E-state index in [1.807, 2.05) is 6.07 Å². The SMILES string of the molecule is Cc1ccccc1NCCSc1ncns1. The van der Waals surface area contributed by atoms with E-state index in [-0.39, 0.29) is 0 Å². The van der Waals surface area contributed by atoms with Crippen LogP contribution in [-0.2, 0) is 0 Å². The fourth-order valence-corrected chi connectivity index (χ4v) is 2.69. The van der Waals surface area contributed by atoms with Crippen molar-refractivity contribution in [3.63, 3.8) is 0 Å². The number of thioether (sulfide) groups is 1. The van der Waals surface area contributed by atoms with Crippen LogP contribution >= 0.6 is 23.3 Å². The van der Waals surface area contributed by atoms with E-state index in [1.54, 1.807) is 18.1 Å². The lowest BCUT2D eigenvalue weighted by atomic mass is 10.2. The third kappa shape index (κ3) is 3.21. The van der Waals surface area contributed by atoms with Crippen LogP contribution in [0.2, 0.25) is 0 Å². The zero-order chi connectivity index (χ0) is 11.2. The summed E-state index contributed by atoms with van der Waals surface area (Å²) >= 11 is 3.18. The quantitative estimate of drug-likeness (QED) is 0.654. The first-order valence-electron chi connectivity index (χ1n) is 5.05. The summed E-state index contributed by atoms with van der Waals surface area (Å²) in [6.45, 7) is 3.05. The Morgan fingerprint density at radius 1 is 1.38 bits per heavy atom. The van der Waals surface area contributed by atoms with Crippen molar-refractivity contribution < 1.29 is 0 Å². The maximum absolute atomic E-state index is 4.12. The molecule has 5 heteroatoms. The van der Waals surface area contributed by atoms with Crippen molar-refractivity contribution in [3.8, 4) is 0 Å². The highest BCUT2D eigenvalue weighted by atomic mass is 32.2. The number of rotatable bonds is 5. The summed E-state index contributed by atoms with van der Waals surface area (Å²) in [6.07, 6.45) is 1.60. The van der Waals surface area contributed by atoms with Crippen molar-refractivity contribution in [1.82, 2.24) is 9.36 Å². The molecule has 0 spiro atoms. The predicted octanol–water partition coefficient (Wildman–Crippen LogP) is 3.05. The summed E-state index contributed by atoms with van der Waals surface area (Å²) in [4.78, 5) is 4.12. The van der Waals surface area contributed by atoms with Crippen LogP contribution in [-0.4, -0.2) is 21.7 Å². The van der Waals surface area contributed by atoms with Crippen molar-refractivity contribution in [3.05, 3.63) is 36.2 Å². The molecule has 84 valence electrons. The monoisotopic (exact) mass is 251 g/mol. The molecule has 0 aliphatic rings. The standard InChI is InChI=1S/C11H13N3S2/c1-9-4-2-3-5-10(9)12-6-7-15-11-13-8-14-16-11/h2-5,8,12H,6-7H2,1H3. The van der Waals surface area contributed by atoms with Gasteiger partial charge in [-0.2, -0.15) is 4.37 Å². The minimum Gasteiger partial charge on any atom is -0.384 e. The van der Waals surface area contributed by atoms with Crippen molar-refractivity contribution in [2.45, 2.75) is 11.3 Å². The van der Waals surface area contributed by atoms with E-state index in [2.05, 4.69) is 39.8 Å². The molecule has 0 radical (unpaired) electrons. The van der Waals surface area contributed by atoms with Crippen LogP contribution in [0.15, 0.2) is 34.9 Å². The first-order valence-corrected chi connectivity index (χ1v) is 6.81. The van der Waals surface area contributed by atoms with Gasteiger partial charge < -0.3 is 5.32 Å². The van der Waals surface area contributed by atoms with Crippen LogP contribution in [0.4, 0.5) is 5.69 Å². The maximum atomic E-state index is 4.12.